The molecule has 0 radical (unpaired) electrons. The molecule has 0 aliphatic carbocycles. The monoisotopic (exact) mass is 1160 g/mol. The molecule has 0 saturated heterocycles. The van der Waals surface area contributed by atoms with E-state index >= 15 is 0 Å². The van der Waals surface area contributed by atoms with Gasteiger partial charge in [0, 0.05) is 26.2 Å². The predicted octanol–water partition coefficient (Wildman–Crippen LogP) is 11.7. The summed E-state index contributed by atoms with van der Waals surface area (Å²) in [6.07, 6.45) is 0. The maximum atomic E-state index is 5.84. The SMILES string of the molecule is CC.CC.CC.CC.CCNc1nc(N)n(-c2nc3ccccc3s2)n1.CCNc1nc(N)n(-c2nc3ccccc3s2)n1.CCNc1nc(N)nn1-c1nc2ccccc2s1.CCNc1nc(N)nn1-c1nc2ccccc2s1. The number of benzene rings is 4. The molecule has 0 aliphatic heterocycles. The number of para-hydroxylation sites is 4. The Bertz CT molecular complexity index is 3340. The van der Waals surface area contributed by atoms with Crippen LogP contribution in [0.4, 0.5) is 47.6 Å². The number of hydrogen-bond acceptors (Lipinski definition) is 24. The van der Waals surface area contributed by atoms with E-state index in [9.17, 15) is 0 Å². The molecule has 0 atom stereocenters. The van der Waals surface area contributed by atoms with Crippen LogP contribution >= 0.6 is 45.3 Å². The van der Waals surface area contributed by atoms with Crippen LogP contribution in [0.5, 0.6) is 0 Å². The largest absolute Gasteiger partial charge is 0.368 e. The lowest BCUT2D eigenvalue weighted by molar-refractivity contribution is 0.873. The normalized spacial score (nSPS) is 10.2. The molecule has 424 valence electrons. The summed E-state index contributed by atoms with van der Waals surface area (Å²) in [6, 6.07) is 31.8. The minimum atomic E-state index is 0.241. The molecule has 8 heterocycles. The first-order valence-electron chi connectivity index (χ1n) is 26.4. The summed E-state index contributed by atoms with van der Waals surface area (Å²) in [5.74, 6) is 3.44. The average Bonchev–Trinajstić information content (AvgIpc) is 4.42. The van der Waals surface area contributed by atoms with Crippen molar-refractivity contribution in [3.63, 3.8) is 0 Å². The van der Waals surface area contributed by atoms with E-state index in [0.29, 0.717) is 35.7 Å². The maximum absolute atomic E-state index is 5.84. The molecular weight excluding hydrogens is 1090 g/mol. The number of anilines is 8. The first-order valence-corrected chi connectivity index (χ1v) is 29.7. The van der Waals surface area contributed by atoms with Gasteiger partial charge in [0.2, 0.25) is 68.1 Å². The van der Waals surface area contributed by atoms with Gasteiger partial charge in [-0.15, -0.1) is 20.4 Å². The molecule has 80 heavy (non-hydrogen) atoms. The highest BCUT2D eigenvalue weighted by Gasteiger charge is 2.17. The van der Waals surface area contributed by atoms with E-state index in [4.69, 9.17) is 22.9 Å². The summed E-state index contributed by atoms with van der Waals surface area (Å²) in [5.41, 5.74) is 26.7. The van der Waals surface area contributed by atoms with E-state index in [1.165, 1.54) is 22.7 Å². The number of thiazole rings is 4. The van der Waals surface area contributed by atoms with E-state index in [1.54, 1.807) is 41.4 Å². The Morgan fingerprint density at radius 1 is 0.338 bits per heavy atom. The van der Waals surface area contributed by atoms with Crippen LogP contribution in [0, 0.1) is 0 Å². The zero-order valence-corrected chi connectivity index (χ0v) is 50.4. The van der Waals surface area contributed by atoms with Gasteiger partial charge in [-0.3, -0.25) is 0 Å². The zero-order chi connectivity index (χ0) is 58.1. The second kappa shape index (κ2) is 31.7. The molecule has 0 unspecified atom stereocenters. The molecule has 8 aromatic heterocycles. The fraction of sp³-hybridized carbons (Fsp3) is 0.308. The van der Waals surface area contributed by atoms with Crippen molar-refractivity contribution in [2.24, 2.45) is 0 Å². The van der Waals surface area contributed by atoms with Crippen LogP contribution in [-0.2, 0) is 0 Å². The molecule has 4 aromatic carbocycles. The highest BCUT2D eigenvalue weighted by atomic mass is 32.1. The number of nitrogens with two attached hydrogens (primary N) is 4. The lowest BCUT2D eigenvalue weighted by atomic mass is 10.3. The van der Waals surface area contributed by atoms with Gasteiger partial charge in [0.1, 0.15) is 0 Å². The second-order valence-corrected chi connectivity index (χ2v) is 18.8. The van der Waals surface area contributed by atoms with E-state index in [-0.39, 0.29) is 11.9 Å². The number of nitrogens with zero attached hydrogens (tertiary/aromatic N) is 16. The van der Waals surface area contributed by atoms with Gasteiger partial charge in [-0.2, -0.15) is 38.7 Å². The van der Waals surface area contributed by atoms with Gasteiger partial charge in [-0.05, 0) is 76.2 Å². The van der Waals surface area contributed by atoms with Crippen LogP contribution < -0.4 is 44.2 Å². The second-order valence-electron chi connectivity index (χ2n) is 14.8. The Hall–Kier alpha value is -8.60. The van der Waals surface area contributed by atoms with Crippen molar-refractivity contribution in [1.29, 1.82) is 0 Å². The minimum Gasteiger partial charge on any atom is -0.368 e. The van der Waals surface area contributed by atoms with Gasteiger partial charge in [-0.25, -0.2) is 19.9 Å². The Morgan fingerprint density at radius 2 is 0.600 bits per heavy atom. The summed E-state index contributed by atoms with van der Waals surface area (Å²) in [7, 11) is 0. The summed E-state index contributed by atoms with van der Waals surface area (Å²) in [5, 5.41) is 32.2. The highest BCUT2D eigenvalue weighted by molar-refractivity contribution is 7.21. The van der Waals surface area contributed by atoms with Crippen LogP contribution in [0.15, 0.2) is 97.1 Å². The maximum Gasteiger partial charge on any atom is 0.244 e. The van der Waals surface area contributed by atoms with E-state index < -0.39 is 0 Å². The van der Waals surface area contributed by atoms with Gasteiger partial charge >= 0.3 is 0 Å². The van der Waals surface area contributed by atoms with Crippen LogP contribution in [0.25, 0.3) is 61.4 Å². The van der Waals surface area contributed by atoms with Crippen LogP contribution in [0.1, 0.15) is 83.1 Å². The summed E-state index contributed by atoms with van der Waals surface area (Å²) >= 11 is 6.19. The third-order valence-electron chi connectivity index (χ3n) is 9.71. The van der Waals surface area contributed by atoms with Gasteiger partial charge < -0.3 is 44.2 Å². The van der Waals surface area contributed by atoms with Gasteiger partial charge in [-0.1, -0.05) is 149 Å². The van der Waals surface area contributed by atoms with Crippen LogP contribution in [-0.4, -0.2) is 105 Å². The van der Waals surface area contributed by atoms with Crippen molar-refractivity contribution < 1.29 is 0 Å². The quantitative estimate of drug-likeness (QED) is 0.0563. The topological polar surface area (TPSA) is 327 Å². The molecule has 0 spiro atoms. The Labute approximate surface area is 481 Å². The molecule has 0 aliphatic rings. The summed E-state index contributed by atoms with van der Waals surface area (Å²) in [6.45, 7) is 27.0. The highest BCUT2D eigenvalue weighted by Crippen LogP contribution is 2.29. The molecule has 12 N–H and O–H groups in total. The molecule has 0 saturated carbocycles. The number of hydrogen-bond donors (Lipinski definition) is 8. The average molecular weight is 1160 g/mol. The predicted molar refractivity (Wildman–Crippen MR) is 338 cm³/mol. The van der Waals surface area contributed by atoms with Crippen molar-refractivity contribution in [2.45, 2.75) is 83.1 Å². The van der Waals surface area contributed by atoms with Crippen LogP contribution in [0.3, 0.4) is 0 Å². The number of fused-ring (bicyclic) bond motifs is 4. The van der Waals surface area contributed by atoms with E-state index in [1.807, 2.05) is 180 Å². The third kappa shape index (κ3) is 15.8. The van der Waals surface area contributed by atoms with Crippen molar-refractivity contribution in [3.05, 3.63) is 97.1 Å². The first kappa shape index (κ1) is 62.2. The van der Waals surface area contributed by atoms with E-state index in [2.05, 4.69) is 81.5 Å². The first-order chi connectivity index (χ1) is 39.1. The molecule has 24 nitrogen and oxygen atoms in total. The molecule has 12 aromatic rings. The van der Waals surface area contributed by atoms with Crippen molar-refractivity contribution in [3.8, 4) is 20.5 Å². The lowest BCUT2D eigenvalue weighted by Gasteiger charge is -2.01. The van der Waals surface area contributed by atoms with Crippen molar-refractivity contribution in [2.75, 3.05) is 70.4 Å². The molecule has 0 amide bonds. The van der Waals surface area contributed by atoms with Gasteiger partial charge in [0.05, 0.1) is 40.9 Å². The van der Waals surface area contributed by atoms with E-state index in [0.717, 1.165) is 87.6 Å². The number of nitrogen functional groups attached to an aromatic ring is 4. The molecule has 28 heteroatoms. The molecule has 0 fully saturated rings. The molecule has 0 bridgehead atoms. The fourth-order valence-corrected chi connectivity index (χ4v) is 10.4. The lowest BCUT2D eigenvalue weighted by Crippen LogP contribution is -2.06. The molecular formula is C52H72N24S4. The Balaban J connectivity index is 0.000000188. The smallest absolute Gasteiger partial charge is 0.244 e. The van der Waals surface area contributed by atoms with Gasteiger partial charge in [0.25, 0.3) is 0 Å². The Morgan fingerprint density at radius 3 is 0.863 bits per heavy atom. The summed E-state index contributed by atoms with van der Waals surface area (Å²) < 4.78 is 10.8. The standard InChI is InChI=1S/4C11H12N6S.4C2H6/c2*1-2-13-10-15-9(12)17(16-10)11-14-7-5-3-4-6-8(7)18-11;2*1-2-13-10-15-9(12)16-17(10)11-14-7-5-3-4-6-8(7)18-11;4*1-2/h4*3-6H,2H2,1H3,(H3,12,13,15,16);4*1-2H3. The Kier molecular flexibility index (Phi) is 24.7. The zero-order valence-electron chi connectivity index (χ0n) is 47.2. The number of rotatable bonds is 12. The fourth-order valence-electron chi connectivity index (χ4n) is 6.67. The van der Waals surface area contributed by atoms with Crippen molar-refractivity contribution >= 4 is 134 Å². The van der Waals surface area contributed by atoms with Gasteiger partial charge in [0.15, 0.2) is 0 Å². The third-order valence-corrected chi connectivity index (χ3v) is 13.8. The number of aromatic nitrogens is 16. The van der Waals surface area contributed by atoms with Crippen molar-refractivity contribution in [1.82, 2.24) is 79.0 Å². The molecule has 12 rings (SSSR count). The summed E-state index contributed by atoms with van der Waals surface area (Å²) in [4.78, 5) is 34.6. The number of nitrogens with one attached hydrogen (secondary N) is 4. The minimum absolute atomic E-state index is 0.241. The van der Waals surface area contributed by atoms with Crippen LogP contribution in [0.2, 0.25) is 0 Å².